The summed E-state index contributed by atoms with van der Waals surface area (Å²) in [6.07, 6.45) is 3.55. The molecule has 0 aliphatic carbocycles. The lowest BCUT2D eigenvalue weighted by Crippen LogP contribution is -2.50. The smallest absolute Gasteiger partial charge is 0.243 e. The molecule has 3 unspecified atom stereocenters. The Bertz CT molecular complexity index is 894. The minimum atomic E-state index is -3.59. The van der Waals surface area contributed by atoms with Crippen molar-refractivity contribution >= 4 is 10.0 Å². The van der Waals surface area contributed by atoms with Crippen molar-refractivity contribution in [3.8, 4) is 5.69 Å². The van der Waals surface area contributed by atoms with Crippen LogP contribution in [0.1, 0.15) is 26.7 Å². The zero-order chi connectivity index (χ0) is 19.7. The molecular weight excluding hydrogens is 380 g/mol. The molecule has 2 aromatic rings. The van der Waals surface area contributed by atoms with E-state index < -0.39 is 10.0 Å². The van der Waals surface area contributed by atoms with Crippen LogP contribution in [-0.4, -0.2) is 82.3 Å². The zero-order valence-electron chi connectivity index (χ0n) is 16.2. The average Bonchev–Trinajstić information content (AvgIpc) is 3.33. The van der Waals surface area contributed by atoms with Gasteiger partial charge >= 0.3 is 0 Å². The first-order valence-electron chi connectivity index (χ1n) is 9.66. The van der Waals surface area contributed by atoms with Crippen molar-refractivity contribution in [3.05, 3.63) is 30.6 Å². The topological polar surface area (TPSA) is 93.5 Å². The number of morpholine rings is 1. The van der Waals surface area contributed by atoms with Gasteiger partial charge in [0.2, 0.25) is 10.0 Å². The molecule has 2 fully saturated rings. The molecule has 9 nitrogen and oxygen atoms in total. The highest BCUT2D eigenvalue weighted by Gasteiger charge is 2.37. The van der Waals surface area contributed by atoms with Crippen molar-refractivity contribution in [2.45, 2.75) is 49.8 Å². The van der Waals surface area contributed by atoms with Crippen LogP contribution in [0, 0.1) is 0 Å². The second-order valence-corrected chi connectivity index (χ2v) is 9.53. The minimum absolute atomic E-state index is 0.0146. The normalized spacial score (nSPS) is 27.3. The van der Waals surface area contributed by atoms with Gasteiger partial charge in [-0.15, -0.1) is 5.10 Å². The first-order valence-corrected chi connectivity index (χ1v) is 11.1. The number of sulfonamides is 1. The van der Waals surface area contributed by atoms with Gasteiger partial charge < -0.3 is 4.74 Å². The molecule has 3 heterocycles. The molecule has 0 spiro atoms. The van der Waals surface area contributed by atoms with E-state index in [9.17, 15) is 8.42 Å². The molecule has 0 bridgehead atoms. The monoisotopic (exact) mass is 406 g/mol. The number of hydrogen-bond acceptors (Lipinski definition) is 7. The van der Waals surface area contributed by atoms with Gasteiger partial charge in [0.25, 0.3) is 0 Å². The standard InChI is InChI=1S/C18H26N6O3S/c1-14-10-22(11-15(2)27-14)12-17-6-4-8-24(17)28(25,26)18-7-3-5-16(9-18)23-13-19-20-21-23/h3,5,7,9,13-15,17H,4,6,8,10-12H2,1-2H3. The third kappa shape index (κ3) is 3.95. The largest absolute Gasteiger partial charge is 0.373 e. The van der Waals surface area contributed by atoms with Crippen LogP contribution in [0.4, 0.5) is 0 Å². The lowest BCUT2D eigenvalue weighted by molar-refractivity contribution is -0.0707. The van der Waals surface area contributed by atoms with E-state index in [1.54, 1.807) is 28.6 Å². The number of nitrogens with zero attached hydrogens (tertiary/aromatic N) is 6. The first-order chi connectivity index (χ1) is 13.4. The third-order valence-corrected chi connectivity index (χ3v) is 7.27. The molecule has 3 atom stereocenters. The highest BCUT2D eigenvalue weighted by molar-refractivity contribution is 7.89. The van der Waals surface area contributed by atoms with Crippen molar-refractivity contribution in [1.29, 1.82) is 0 Å². The van der Waals surface area contributed by atoms with Gasteiger partial charge in [-0.2, -0.15) is 4.31 Å². The van der Waals surface area contributed by atoms with E-state index in [-0.39, 0.29) is 23.1 Å². The third-order valence-electron chi connectivity index (χ3n) is 5.33. The molecule has 1 aromatic heterocycles. The number of tetrazole rings is 1. The van der Waals surface area contributed by atoms with Gasteiger partial charge in [0.1, 0.15) is 6.33 Å². The number of benzene rings is 1. The summed E-state index contributed by atoms with van der Waals surface area (Å²) in [5.41, 5.74) is 0.623. The maximum atomic E-state index is 13.4. The van der Waals surface area contributed by atoms with Crippen LogP contribution in [0.25, 0.3) is 5.69 Å². The summed E-state index contributed by atoms with van der Waals surface area (Å²) in [6.45, 7) is 7.10. The SMILES string of the molecule is CC1CN(CC2CCCN2S(=O)(=O)c2cccc(-n3cnnn3)c2)CC(C)O1. The zero-order valence-corrected chi connectivity index (χ0v) is 17.0. The number of ether oxygens (including phenoxy) is 1. The minimum Gasteiger partial charge on any atom is -0.373 e. The van der Waals surface area contributed by atoms with Crippen LogP contribution in [0.2, 0.25) is 0 Å². The molecule has 10 heteroatoms. The quantitative estimate of drug-likeness (QED) is 0.729. The predicted molar refractivity (Wildman–Crippen MR) is 103 cm³/mol. The van der Waals surface area contributed by atoms with E-state index in [1.165, 1.54) is 11.0 Å². The Hall–Kier alpha value is -1.88. The molecule has 0 saturated carbocycles. The number of aromatic nitrogens is 4. The Morgan fingerprint density at radius 1 is 1.21 bits per heavy atom. The fourth-order valence-electron chi connectivity index (χ4n) is 4.24. The first kappa shape index (κ1) is 19.4. The van der Waals surface area contributed by atoms with Crippen molar-refractivity contribution in [2.24, 2.45) is 0 Å². The Labute approximate surface area is 165 Å². The van der Waals surface area contributed by atoms with Crippen LogP contribution in [0.3, 0.4) is 0 Å². The molecule has 0 amide bonds. The predicted octanol–water partition coefficient (Wildman–Crippen LogP) is 0.925. The van der Waals surface area contributed by atoms with Crippen LogP contribution < -0.4 is 0 Å². The van der Waals surface area contributed by atoms with Crippen molar-refractivity contribution < 1.29 is 13.2 Å². The summed E-state index contributed by atoms with van der Waals surface area (Å²) in [5, 5.41) is 11.1. The van der Waals surface area contributed by atoms with E-state index in [4.69, 9.17) is 4.74 Å². The lowest BCUT2D eigenvalue weighted by atomic mass is 10.1. The molecular formula is C18H26N6O3S. The molecule has 2 saturated heterocycles. The van der Waals surface area contributed by atoms with Gasteiger partial charge in [-0.25, -0.2) is 13.1 Å². The molecule has 4 rings (SSSR count). The molecule has 1 aromatic carbocycles. The maximum absolute atomic E-state index is 13.4. The van der Waals surface area contributed by atoms with Gasteiger partial charge in [0.15, 0.2) is 0 Å². The van der Waals surface area contributed by atoms with E-state index in [2.05, 4.69) is 34.3 Å². The highest BCUT2D eigenvalue weighted by Crippen LogP contribution is 2.28. The molecule has 0 radical (unpaired) electrons. The molecule has 2 aliphatic heterocycles. The van der Waals surface area contributed by atoms with Gasteiger partial charge in [-0.3, -0.25) is 4.90 Å². The lowest BCUT2D eigenvalue weighted by Gasteiger charge is -2.38. The van der Waals surface area contributed by atoms with Crippen LogP contribution in [0.5, 0.6) is 0 Å². The number of hydrogen-bond donors (Lipinski definition) is 0. The van der Waals surface area contributed by atoms with E-state index in [1.807, 2.05) is 0 Å². The molecule has 152 valence electrons. The summed E-state index contributed by atoms with van der Waals surface area (Å²) in [4.78, 5) is 2.60. The fourth-order valence-corrected chi connectivity index (χ4v) is 5.97. The van der Waals surface area contributed by atoms with E-state index >= 15 is 0 Å². The Morgan fingerprint density at radius 3 is 2.71 bits per heavy atom. The van der Waals surface area contributed by atoms with Crippen molar-refractivity contribution in [2.75, 3.05) is 26.2 Å². The molecule has 0 N–H and O–H groups in total. The summed E-state index contributed by atoms with van der Waals surface area (Å²) >= 11 is 0. The van der Waals surface area contributed by atoms with Crippen LogP contribution in [0.15, 0.2) is 35.5 Å². The molecule has 2 aliphatic rings. The maximum Gasteiger partial charge on any atom is 0.243 e. The van der Waals surface area contributed by atoms with Gasteiger partial charge in [-0.1, -0.05) is 6.07 Å². The summed E-state index contributed by atoms with van der Waals surface area (Å²) in [7, 11) is -3.59. The second kappa shape index (κ2) is 7.86. The Morgan fingerprint density at radius 2 is 2.00 bits per heavy atom. The Kier molecular flexibility index (Phi) is 5.46. The van der Waals surface area contributed by atoms with Gasteiger partial charge in [0.05, 0.1) is 22.8 Å². The van der Waals surface area contributed by atoms with Crippen molar-refractivity contribution in [3.63, 3.8) is 0 Å². The van der Waals surface area contributed by atoms with Crippen molar-refractivity contribution in [1.82, 2.24) is 29.4 Å². The van der Waals surface area contributed by atoms with E-state index in [0.29, 0.717) is 12.2 Å². The summed E-state index contributed by atoms with van der Waals surface area (Å²) in [5.74, 6) is 0. The highest BCUT2D eigenvalue weighted by atomic mass is 32.2. The van der Waals surface area contributed by atoms with Gasteiger partial charge in [0, 0.05) is 32.2 Å². The van der Waals surface area contributed by atoms with Crippen LogP contribution >= 0.6 is 0 Å². The van der Waals surface area contributed by atoms with E-state index in [0.717, 1.165) is 32.5 Å². The van der Waals surface area contributed by atoms with Gasteiger partial charge in [-0.05, 0) is 55.3 Å². The van der Waals surface area contributed by atoms with Crippen LogP contribution in [-0.2, 0) is 14.8 Å². The molecule has 28 heavy (non-hydrogen) atoms. The Balaban J connectivity index is 1.54. The number of rotatable bonds is 5. The second-order valence-electron chi connectivity index (χ2n) is 7.64. The fraction of sp³-hybridized carbons (Fsp3) is 0.611. The summed E-state index contributed by atoms with van der Waals surface area (Å²) < 4.78 is 35.6. The average molecular weight is 407 g/mol. The summed E-state index contributed by atoms with van der Waals surface area (Å²) in [6, 6.07) is 6.75.